The number of para-hydroxylation sites is 1. The van der Waals surface area contributed by atoms with Gasteiger partial charge in [0.1, 0.15) is 0 Å². The second kappa shape index (κ2) is 5.59. The van der Waals surface area contributed by atoms with Gasteiger partial charge in [-0.25, -0.2) is 0 Å². The number of carbonyl (C=O) groups excluding carboxylic acids is 2. The quantitative estimate of drug-likeness (QED) is 0.672. The molecule has 0 spiro atoms. The monoisotopic (exact) mass is 300 g/mol. The van der Waals surface area contributed by atoms with Crippen molar-refractivity contribution in [2.24, 2.45) is 10.2 Å². The van der Waals surface area contributed by atoms with Gasteiger partial charge in [-0.3, -0.25) is 9.59 Å². The van der Waals surface area contributed by atoms with E-state index in [0.717, 1.165) is 18.4 Å². The zero-order valence-electron chi connectivity index (χ0n) is 12.1. The van der Waals surface area contributed by atoms with E-state index in [0.29, 0.717) is 11.9 Å². The Balaban J connectivity index is 1.89. The summed E-state index contributed by atoms with van der Waals surface area (Å²) >= 11 is 0. The van der Waals surface area contributed by atoms with E-state index in [1.165, 1.54) is 0 Å². The number of hydrogen-bond donors (Lipinski definition) is 2. The summed E-state index contributed by atoms with van der Waals surface area (Å²) in [7, 11) is 0. The highest BCUT2D eigenvalue weighted by Crippen LogP contribution is 2.38. The molecule has 2 aromatic rings. The summed E-state index contributed by atoms with van der Waals surface area (Å²) in [4.78, 5) is 23.2. The van der Waals surface area contributed by atoms with Gasteiger partial charge in [-0.15, -0.1) is 10.2 Å². The molecule has 22 heavy (non-hydrogen) atoms. The number of nitrogens with zero attached hydrogens (tertiary/aromatic N) is 3. The standard InChI is InChI=1S/C15H16N4O3/c1-2-19-11-6-4-3-5-10(11)12(15(19)22)17-18-14(21)13(20)16-9-7-8-9/h3-6,9,22H,2,7-8H2,1H3,(H,16,20). The van der Waals surface area contributed by atoms with E-state index in [1.807, 2.05) is 25.1 Å². The minimum atomic E-state index is -0.959. The van der Waals surface area contributed by atoms with Crippen molar-refractivity contribution >= 4 is 28.4 Å². The maximum atomic E-state index is 11.6. The molecule has 1 saturated carbocycles. The minimum Gasteiger partial charge on any atom is -0.493 e. The van der Waals surface area contributed by atoms with Crippen LogP contribution in [-0.2, 0) is 16.1 Å². The summed E-state index contributed by atoms with van der Waals surface area (Å²) in [6, 6.07) is 7.37. The minimum absolute atomic E-state index is 0.0668. The fourth-order valence-corrected chi connectivity index (χ4v) is 2.31. The molecule has 3 rings (SSSR count). The predicted molar refractivity (Wildman–Crippen MR) is 80.0 cm³/mol. The molecule has 1 heterocycles. The average Bonchev–Trinajstić information content (AvgIpc) is 3.28. The number of aromatic nitrogens is 1. The van der Waals surface area contributed by atoms with E-state index >= 15 is 0 Å². The van der Waals surface area contributed by atoms with Crippen LogP contribution in [0.5, 0.6) is 5.88 Å². The van der Waals surface area contributed by atoms with Crippen LogP contribution in [0, 0.1) is 0 Å². The molecule has 7 heteroatoms. The Morgan fingerprint density at radius 1 is 1.36 bits per heavy atom. The maximum Gasteiger partial charge on any atom is 0.353 e. The summed E-state index contributed by atoms with van der Waals surface area (Å²) in [6.07, 6.45) is 1.78. The van der Waals surface area contributed by atoms with Crippen LogP contribution in [0.3, 0.4) is 0 Å². The third-order valence-corrected chi connectivity index (χ3v) is 3.58. The molecular weight excluding hydrogens is 284 g/mol. The lowest BCUT2D eigenvalue weighted by Gasteiger charge is -2.00. The number of carbonyl (C=O) groups is 2. The summed E-state index contributed by atoms with van der Waals surface area (Å²) in [5, 5.41) is 20.7. The second-order valence-corrected chi connectivity index (χ2v) is 5.19. The Bertz CT molecular complexity index is 774. The molecule has 0 unspecified atom stereocenters. The smallest absolute Gasteiger partial charge is 0.353 e. The number of benzene rings is 1. The van der Waals surface area contributed by atoms with Crippen molar-refractivity contribution in [1.29, 1.82) is 0 Å². The normalized spacial score (nSPS) is 14.6. The van der Waals surface area contributed by atoms with Crippen molar-refractivity contribution in [2.75, 3.05) is 0 Å². The average molecular weight is 300 g/mol. The summed E-state index contributed by atoms with van der Waals surface area (Å²) in [5.74, 6) is -1.78. The number of amides is 2. The van der Waals surface area contributed by atoms with Crippen LogP contribution in [0.1, 0.15) is 19.8 Å². The third kappa shape index (κ3) is 2.57. The second-order valence-electron chi connectivity index (χ2n) is 5.19. The lowest BCUT2D eigenvalue weighted by Crippen LogP contribution is -2.31. The molecule has 1 aliphatic rings. The first-order chi connectivity index (χ1) is 10.6. The Labute approximate surface area is 126 Å². The fraction of sp³-hybridized carbons (Fsp3) is 0.333. The predicted octanol–water partition coefficient (Wildman–Crippen LogP) is 2.26. The number of aromatic hydroxyl groups is 1. The molecule has 2 N–H and O–H groups in total. The van der Waals surface area contributed by atoms with Crippen molar-refractivity contribution in [3.63, 3.8) is 0 Å². The highest BCUT2D eigenvalue weighted by atomic mass is 16.3. The van der Waals surface area contributed by atoms with Gasteiger partial charge in [0.25, 0.3) is 0 Å². The summed E-state index contributed by atoms with van der Waals surface area (Å²) in [6.45, 7) is 2.44. The molecule has 1 fully saturated rings. The van der Waals surface area contributed by atoms with E-state index < -0.39 is 11.8 Å². The van der Waals surface area contributed by atoms with Gasteiger partial charge in [-0.05, 0) is 25.8 Å². The number of rotatable bonds is 3. The number of aryl methyl sites for hydroxylation is 1. The topological polar surface area (TPSA) is 96.0 Å². The molecule has 1 aromatic carbocycles. The number of azo groups is 1. The fourth-order valence-electron chi connectivity index (χ4n) is 2.31. The van der Waals surface area contributed by atoms with Crippen molar-refractivity contribution < 1.29 is 14.7 Å². The molecule has 114 valence electrons. The van der Waals surface area contributed by atoms with Crippen LogP contribution in [0.25, 0.3) is 10.9 Å². The van der Waals surface area contributed by atoms with Crippen LogP contribution in [0.4, 0.5) is 5.69 Å². The van der Waals surface area contributed by atoms with Gasteiger partial charge in [0.05, 0.1) is 5.52 Å². The Morgan fingerprint density at radius 2 is 2.09 bits per heavy atom. The van der Waals surface area contributed by atoms with E-state index in [9.17, 15) is 14.7 Å². The zero-order valence-corrected chi connectivity index (χ0v) is 12.1. The lowest BCUT2D eigenvalue weighted by atomic mass is 10.2. The lowest BCUT2D eigenvalue weighted by molar-refractivity contribution is -0.137. The molecule has 1 aromatic heterocycles. The Morgan fingerprint density at radius 3 is 2.77 bits per heavy atom. The highest BCUT2D eigenvalue weighted by molar-refractivity contribution is 6.35. The van der Waals surface area contributed by atoms with Crippen LogP contribution < -0.4 is 5.32 Å². The third-order valence-electron chi connectivity index (χ3n) is 3.58. The first kappa shape index (κ1) is 14.2. The molecule has 7 nitrogen and oxygen atoms in total. The van der Waals surface area contributed by atoms with Crippen molar-refractivity contribution in [3.05, 3.63) is 24.3 Å². The highest BCUT2D eigenvalue weighted by Gasteiger charge is 2.26. The molecule has 0 aliphatic heterocycles. The van der Waals surface area contributed by atoms with Gasteiger partial charge in [0, 0.05) is 18.0 Å². The molecule has 1 aliphatic carbocycles. The van der Waals surface area contributed by atoms with E-state index in [4.69, 9.17) is 0 Å². The van der Waals surface area contributed by atoms with Crippen molar-refractivity contribution in [2.45, 2.75) is 32.4 Å². The SMILES string of the molecule is CCn1c(O)c(N=NC(=O)C(=O)NC2CC2)c2ccccc21. The van der Waals surface area contributed by atoms with Crippen LogP contribution in [0.2, 0.25) is 0 Å². The molecule has 2 amide bonds. The van der Waals surface area contributed by atoms with Crippen LogP contribution >= 0.6 is 0 Å². The van der Waals surface area contributed by atoms with Crippen molar-refractivity contribution in [3.8, 4) is 5.88 Å². The summed E-state index contributed by atoms with van der Waals surface area (Å²) < 4.78 is 1.67. The number of hydrogen-bond acceptors (Lipinski definition) is 4. The van der Waals surface area contributed by atoms with Gasteiger partial charge in [-0.2, -0.15) is 0 Å². The van der Waals surface area contributed by atoms with E-state index in [-0.39, 0.29) is 17.6 Å². The number of nitrogens with one attached hydrogen (secondary N) is 1. The first-order valence-electron chi connectivity index (χ1n) is 7.18. The molecular formula is C15H16N4O3. The van der Waals surface area contributed by atoms with Gasteiger partial charge in [0.15, 0.2) is 5.69 Å². The van der Waals surface area contributed by atoms with Gasteiger partial charge >= 0.3 is 11.8 Å². The van der Waals surface area contributed by atoms with E-state index in [2.05, 4.69) is 15.5 Å². The van der Waals surface area contributed by atoms with Crippen molar-refractivity contribution in [1.82, 2.24) is 9.88 Å². The van der Waals surface area contributed by atoms with Gasteiger partial charge in [0.2, 0.25) is 5.88 Å². The largest absolute Gasteiger partial charge is 0.493 e. The maximum absolute atomic E-state index is 11.6. The molecule has 0 bridgehead atoms. The molecule has 0 saturated heterocycles. The van der Waals surface area contributed by atoms with Crippen LogP contribution in [0.15, 0.2) is 34.5 Å². The van der Waals surface area contributed by atoms with Crippen LogP contribution in [-0.4, -0.2) is 27.5 Å². The zero-order chi connectivity index (χ0) is 15.7. The molecule has 0 radical (unpaired) electrons. The molecule has 0 atom stereocenters. The Kier molecular flexibility index (Phi) is 3.62. The first-order valence-corrected chi connectivity index (χ1v) is 7.18. The van der Waals surface area contributed by atoms with E-state index in [1.54, 1.807) is 10.6 Å². The number of fused-ring (bicyclic) bond motifs is 1. The Hall–Kier alpha value is -2.70. The summed E-state index contributed by atoms with van der Waals surface area (Å²) in [5.41, 5.74) is 0.997. The van der Waals surface area contributed by atoms with Gasteiger partial charge < -0.3 is 15.0 Å². The van der Waals surface area contributed by atoms with Gasteiger partial charge in [-0.1, -0.05) is 18.2 Å².